The number of hydrogen-bond acceptors (Lipinski definition) is 1. The van der Waals surface area contributed by atoms with Crippen LogP contribution in [0.2, 0.25) is 5.02 Å². The van der Waals surface area contributed by atoms with Crippen molar-refractivity contribution >= 4 is 17.4 Å². The Labute approximate surface area is 89.1 Å². The van der Waals surface area contributed by atoms with E-state index in [9.17, 15) is 4.79 Å². The maximum Gasteiger partial charge on any atom is 0.137 e. The van der Waals surface area contributed by atoms with Crippen molar-refractivity contribution < 1.29 is 4.79 Å². The van der Waals surface area contributed by atoms with Crippen molar-refractivity contribution in [2.24, 2.45) is 5.92 Å². The summed E-state index contributed by atoms with van der Waals surface area (Å²) in [4.78, 5) is 11.3. The Kier molecular flexibility index (Phi) is 2.60. The fourth-order valence-corrected chi connectivity index (χ4v) is 2.37. The third-order valence-electron chi connectivity index (χ3n) is 3.04. The molecule has 0 aliphatic heterocycles. The van der Waals surface area contributed by atoms with Gasteiger partial charge in [0.15, 0.2) is 0 Å². The van der Waals surface area contributed by atoms with E-state index in [-0.39, 0.29) is 5.92 Å². The number of halogens is 1. The normalized spacial score (nSPS) is 26.0. The lowest BCUT2D eigenvalue weighted by Gasteiger charge is -2.34. The molecule has 14 heavy (non-hydrogen) atoms. The Hall–Kier alpha value is -0.820. The molecule has 1 aliphatic rings. The molecule has 2 rings (SSSR count). The summed E-state index contributed by atoms with van der Waals surface area (Å²) in [5, 5.41) is 0.761. The molecule has 2 unspecified atom stereocenters. The van der Waals surface area contributed by atoms with Gasteiger partial charge in [0, 0.05) is 23.3 Å². The highest BCUT2D eigenvalue weighted by molar-refractivity contribution is 6.30. The number of carbonyl (C=O) groups excluding carboxylic acids is 1. The van der Waals surface area contributed by atoms with Crippen LogP contribution < -0.4 is 0 Å². The quantitative estimate of drug-likeness (QED) is 0.728. The summed E-state index contributed by atoms with van der Waals surface area (Å²) in [5.41, 5.74) is 1.21. The molecule has 0 N–H and O–H groups in total. The van der Waals surface area contributed by atoms with Gasteiger partial charge in [-0.1, -0.05) is 30.7 Å². The van der Waals surface area contributed by atoms with Crippen LogP contribution in [0.4, 0.5) is 0 Å². The van der Waals surface area contributed by atoms with Crippen LogP contribution in [0.1, 0.15) is 31.2 Å². The first-order valence-corrected chi connectivity index (χ1v) is 5.38. The Bertz CT molecular complexity index is 359. The smallest absolute Gasteiger partial charge is 0.137 e. The van der Waals surface area contributed by atoms with Gasteiger partial charge in [-0.2, -0.15) is 0 Å². The summed E-state index contributed by atoms with van der Waals surface area (Å²) in [6.45, 7) is 2.07. The molecule has 1 aromatic rings. The SMILES string of the molecule is CCC1C(=O)CC1c1cccc(Cl)c1. The van der Waals surface area contributed by atoms with Crippen molar-refractivity contribution in [1.29, 1.82) is 0 Å². The number of Topliss-reactive ketones (excluding diaryl/α,β-unsaturated/α-hetero) is 1. The van der Waals surface area contributed by atoms with E-state index in [0.29, 0.717) is 18.1 Å². The van der Waals surface area contributed by atoms with Gasteiger partial charge in [0.05, 0.1) is 0 Å². The largest absolute Gasteiger partial charge is 0.299 e. The van der Waals surface area contributed by atoms with Crippen LogP contribution in [0.15, 0.2) is 24.3 Å². The molecule has 1 aromatic carbocycles. The Morgan fingerprint density at radius 3 is 2.86 bits per heavy atom. The number of hydrogen-bond donors (Lipinski definition) is 0. The molecule has 74 valence electrons. The molecule has 1 aliphatic carbocycles. The van der Waals surface area contributed by atoms with Crippen LogP contribution in [0, 0.1) is 5.92 Å². The summed E-state index contributed by atoms with van der Waals surface area (Å²) < 4.78 is 0. The fourth-order valence-electron chi connectivity index (χ4n) is 2.17. The highest BCUT2D eigenvalue weighted by Gasteiger charge is 2.38. The first kappa shape index (κ1) is 9.72. The minimum atomic E-state index is 0.230. The van der Waals surface area contributed by atoms with Crippen molar-refractivity contribution in [2.45, 2.75) is 25.7 Å². The highest BCUT2D eigenvalue weighted by atomic mass is 35.5. The van der Waals surface area contributed by atoms with Crippen molar-refractivity contribution in [3.05, 3.63) is 34.9 Å². The van der Waals surface area contributed by atoms with Gasteiger partial charge in [0.2, 0.25) is 0 Å². The lowest BCUT2D eigenvalue weighted by molar-refractivity contribution is -0.131. The summed E-state index contributed by atoms with van der Waals surface area (Å²) in [5.74, 6) is 1.04. The Morgan fingerprint density at radius 2 is 2.29 bits per heavy atom. The molecule has 1 saturated carbocycles. The summed E-state index contributed by atoms with van der Waals surface area (Å²) in [6, 6.07) is 7.85. The summed E-state index contributed by atoms with van der Waals surface area (Å²) >= 11 is 5.91. The number of carbonyl (C=O) groups is 1. The third kappa shape index (κ3) is 1.57. The van der Waals surface area contributed by atoms with Gasteiger partial charge in [-0.25, -0.2) is 0 Å². The van der Waals surface area contributed by atoms with E-state index in [0.717, 1.165) is 11.4 Å². The maximum atomic E-state index is 11.3. The van der Waals surface area contributed by atoms with Crippen LogP contribution in [0.25, 0.3) is 0 Å². The van der Waals surface area contributed by atoms with Crippen LogP contribution >= 0.6 is 11.6 Å². The maximum absolute atomic E-state index is 11.3. The van der Waals surface area contributed by atoms with Gasteiger partial charge >= 0.3 is 0 Å². The highest BCUT2D eigenvalue weighted by Crippen LogP contribution is 2.41. The first-order chi connectivity index (χ1) is 6.72. The predicted octanol–water partition coefficient (Wildman–Crippen LogP) is 3.42. The number of rotatable bonds is 2. The second-order valence-electron chi connectivity index (χ2n) is 3.85. The zero-order valence-electron chi connectivity index (χ0n) is 8.16. The summed E-state index contributed by atoms with van der Waals surface area (Å²) in [7, 11) is 0. The van der Waals surface area contributed by atoms with Gasteiger partial charge < -0.3 is 0 Å². The first-order valence-electron chi connectivity index (χ1n) is 5.00. The third-order valence-corrected chi connectivity index (χ3v) is 3.27. The molecule has 0 heterocycles. The Balaban J connectivity index is 2.20. The average molecular weight is 209 g/mol. The van der Waals surface area contributed by atoms with Crippen LogP contribution in [-0.2, 0) is 4.79 Å². The van der Waals surface area contributed by atoms with E-state index < -0.39 is 0 Å². The number of ketones is 1. The molecule has 1 nitrogen and oxygen atoms in total. The fraction of sp³-hybridized carbons (Fsp3) is 0.417. The number of benzene rings is 1. The van der Waals surface area contributed by atoms with E-state index in [1.54, 1.807) is 0 Å². The van der Waals surface area contributed by atoms with Crippen LogP contribution in [-0.4, -0.2) is 5.78 Å². The summed E-state index contributed by atoms with van der Waals surface area (Å²) in [6.07, 6.45) is 1.63. The molecular formula is C12H13ClO. The molecule has 2 atom stereocenters. The van der Waals surface area contributed by atoms with Gasteiger partial charge in [-0.15, -0.1) is 0 Å². The molecule has 0 amide bonds. The van der Waals surface area contributed by atoms with Gasteiger partial charge in [0.25, 0.3) is 0 Å². The lowest BCUT2D eigenvalue weighted by Crippen LogP contribution is -2.34. The standard InChI is InChI=1S/C12H13ClO/c1-2-10-11(7-12(10)14)8-4-3-5-9(13)6-8/h3-6,10-11H,2,7H2,1H3. The van der Waals surface area contributed by atoms with E-state index in [4.69, 9.17) is 11.6 Å². The molecule has 0 saturated heterocycles. The Morgan fingerprint density at radius 1 is 1.50 bits per heavy atom. The van der Waals surface area contributed by atoms with E-state index in [1.807, 2.05) is 18.2 Å². The van der Waals surface area contributed by atoms with Crippen LogP contribution in [0.3, 0.4) is 0 Å². The molecule has 0 radical (unpaired) electrons. The second kappa shape index (κ2) is 3.74. The predicted molar refractivity (Wildman–Crippen MR) is 57.6 cm³/mol. The van der Waals surface area contributed by atoms with Crippen molar-refractivity contribution in [3.8, 4) is 0 Å². The van der Waals surface area contributed by atoms with E-state index in [2.05, 4.69) is 13.0 Å². The van der Waals surface area contributed by atoms with Crippen LogP contribution in [0.5, 0.6) is 0 Å². The molecule has 1 fully saturated rings. The minimum Gasteiger partial charge on any atom is -0.299 e. The van der Waals surface area contributed by atoms with Gasteiger partial charge in [-0.05, 0) is 24.1 Å². The molecule has 0 bridgehead atoms. The lowest BCUT2D eigenvalue weighted by atomic mass is 9.68. The topological polar surface area (TPSA) is 17.1 Å². The molecule has 0 aromatic heterocycles. The zero-order valence-corrected chi connectivity index (χ0v) is 8.92. The van der Waals surface area contributed by atoms with Crippen molar-refractivity contribution in [1.82, 2.24) is 0 Å². The molecular weight excluding hydrogens is 196 g/mol. The minimum absolute atomic E-state index is 0.230. The van der Waals surface area contributed by atoms with Crippen molar-refractivity contribution in [3.63, 3.8) is 0 Å². The van der Waals surface area contributed by atoms with E-state index >= 15 is 0 Å². The molecule has 2 heteroatoms. The monoisotopic (exact) mass is 208 g/mol. The van der Waals surface area contributed by atoms with E-state index in [1.165, 1.54) is 5.56 Å². The second-order valence-corrected chi connectivity index (χ2v) is 4.28. The van der Waals surface area contributed by atoms with Crippen molar-refractivity contribution in [2.75, 3.05) is 0 Å². The van der Waals surface area contributed by atoms with Gasteiger partial charge in [-0.3, -0.25) is 4.79 Å². The zero-order chi connectivity index (χ0) is 10.1. The average Bonchev–Trinajstić information content (AvgIpc) is 2.14. The molecule has 0 spiro atoms. The van der Waals surface area contributed by atoms with Gasteiger partial charge in [0.1, 0.15) is 5.78 Å².